The molecule has 0 fully saturated rings. The first kappa shape index (κ1) is 12.0. The molecular weight excluding hydrogens is 232 g/mol. The van der Waals surface area contributed by atoms with Gasteiger partial charge in [-0.1, -0.05) is 12.1 Å². The molecule has 0 saturated heterocycles. The van der Waals surface area contributed by atoms with Crippen LogP contribution < -0.4 is 4.74 Å². The van der Waals surface area contributed by atoms with E-state index in [0.717, 1.165) is 11.3 Å². The monoisotopic (exact) mass is 244 g/mol. The Labute approximate surface area is 104 Å². The maximum absolute atomic E-state index is 10.8. The number of carboxylic acids is 1. The lowest BCUT2D eigenvalue weighted by molar-refractivity contribution is 0.0696. The van der Waals surface area contributed by atoms with Crippen LogP contribution in [0.15, 0.2) is 42.5 Å². The number of aromatic hydroxyl groups is 1. The summed E-state index contributed by atoms with van der Waals surface area (Å²) in [4.78, 5) is 10.8. The highest BCUT2D eigenvalue weighted by atomic mass is 16.5. The molecule has 0 aliphatic heterocycles. The average molecular weight is 244 g/mol. The number of phenolic OH excluding ortho intramolecular Hbond substituents is 1. The molecule has 2 N–H and O–H groups in total. The molecule has 0 atom stereocenters. The van der Waals surface area contributed by atoms with Crippen LogP contribution in [0.3, 0.4) is 0 Å². The van der Waals surface area contributed by atoms with Gasteiger partial charge in [0.2, 0.25) is 0 Å². The number of carboxylic acid groups (broad SMARTS) is 1. The van der Waals surface area contributed by atoms with E-state index in [-0.39, 0.29) is 11.3 Å². The fourth-order valence-electron chi connectivity index (χ4n) is 1.68. The van der Waals surface area contributed by atoms with Crippen LogP contribution in [0.4, 0.5) is 0 Å². The van der Waals surface area contributed by atoms with Crippen LogP contribution in [0.2, 0.25) is 0 Å². The zero-order chi connectivity index (χ0) is 13.1. The van der Waals surface area contributed by atoms with Gasteiger partial charge in [0.25, 0.3) is 0 Å². The van der Waals surface area contributed by atoms with E-state index in [0.29, 0.717) is 5.56 Å². The van der Waals surface area contributed by atoms with Gasteiger partial charge in [0, 0.05) is 5.56 Å². The van der Waals surface area contributed by atoms with Crippen molar-refractivity contribution in [2.45, 2.75) is 0 Å². The summed E-state index contributed by atoms with van der Waals surface area (Å²) in [5.41, 5.74) is 1.44. The van der Waals surface area contributed by atoms with Gasteiger partial charge in [-0.3, -0.25) is 0 Å². The fraction of sp³-hybridized carbons (Fsp3) is 0.0714. The third-order valence-electron chi connectivity index (χ3n) is 2.65. The Morgan fingerprint density at radius 1 is 1.11 bits per heavy atom. The van der Waals surface area contributed by atoms with E-state index in [9.17, 15) is 9.90 Å². The molecule has 0 amide bonds. The van der Waals surface area contributed by atoms with Gasteiger partial charge < -0.3 is 14.9 Å². The van der Waals surface area contributed by atoms with Crippen LogP contribution in [0, 0.1) is 0 Å². The quantitative estimate of drug-likeness (QED) is 0.871. The average Bonchev–Trinajstić information content (AvgIpc) is 2.38. The molecule has 4 heteroatoms. The summed E-state index contributed by atoms with van der Waals surface area (Å²) in [5.74, 6) is -0.396. The Balaban J connectivity index is 2.41. The van der Waals surface area contributed by atoms with Crippen molar-refractivity contribution in [3.63, 3.8) is 0 Å². The summed E-state index contributed by atoms with van der Waals surface area (Å²) >= 11 is 0. The highest BCUT2D eigenvalue weighted by Gasteiger charge is 2.09. The predicted molar refractivity (Wildman–Crippen MR) is 67.1 cm³/mol. The molecular formula is C14H12O4. The van der Waals surface area contributed by atoms with Crippen molar-refractivity contribution in [2.75, 3.05) is 7.11 Å². The zero-order valence-corrected chi connectivity index (χ0v) is 9.75. The summed E-state index contributed by atoms with van der Waals surface area (Å²) in [6, 6.07) is 11.4. The van der Waals surface area contributed by atoms with Crippen LogP contribution >= 0.6 is 0 Å². The summed E-state index contributed by atoms with van der Waals surface area (Å²) in [6.07, 6.45) is 0. The highest BCUT2D eigenvalue weighted by molar-refractivity contribution is 5.89. The Morgan fingerprint density at radius 2 is 1.78 bits per heavy atom. The van der Waals surface area contributed by atoms with Crippen molar-refractivity contribution in [2.24, 2.45) is 0 Å². The molecule has 92 valence electrons. The molecule has 0 heterocycles. The smallest absolute Gasteiger partial charge is 0.335 e. The Bertz CT molecular complexity index is 573. The molecule has 2 aromatic rings. The van der Waals surface area contributed by atoms with Gasteiger partial charge in [-0.05, 0) is 35.9 Å². The van der Waals surface area contributed by atoms with Crippen molar-refractivity contribution in [1.82, 2.24) is 0 Å². The molecule has 0 aliphatic carbocycles. The highest BCUT2D eigenvalue weighted by Crippen LogP contribution is 2.31. The molecule has 0 radical (unpaired) electrons. The van der Waals surface area contributed by atoms with Gasteiger partial charge in [-0.2, -0.15) is 0 Å². The van der Waals surface area contributed by atoms with Crippen molar-refractivity contribution in [3.05, 3.63) is 48.0 Å². The SMILES string of the molecule is COc1ccc(-c2ccc(C(=O)O)cc2O)cc1. The number of phenols is 1. The molecule has 2 aromatic carbocycles. The molecule has 18 heavy (non-hydrogen) atoms. The van der Waals surface area contributed by atoms with E-state index < -0.39 is 5.97 Å². The molecule has 0 aromatic heterocycles. The number of carbonyl (C=O) groups is 1. The predicted octanol–water partition coefficient (Wildman–Crippen LogP) is 2.77. The lowest BCUT2D eigenvalue weighted by Crippen LogP contribution is -1.95. The topological polar surface area (TPSA) is 66.8 Å². The van der Waals surface area contributed by atoms with Crippen LogP contribution in [0.5, 0.6) is 11.5 Å². The van der Waals surface area contributed by atoms with Crippen LogP contribution in [0.25, 0.3) is 11.1 Å². The summed E-state index contributed by atoms with van der Waals surface area (Å²) in [5, 5.41) is 18.6. The van der Waals surface area contributed by atoms with Gasteiger partial charge in [0.15, 0.2) is 0 Å². The third kappa shape index (κ3) is 2.27. The van der Waals surface area contributed by atoms with Gasteiger partial charge in [-0.25, -0.2) is 4.79 Å². The number of methoxy groups -OCH3 is 1. The van der Waals surface area contributed by atoms with E-state index in [1.807, 2.05) is 0 Å². The molecule has 0 unspecified atom stereocenters. The Kier molecular flexibility index (Phi) is 3.19. The lowest BCUT2D eigenvalue weighted by Gasteiger charge is -2.07. The van der Waals surface area contributed by atoms with Crippen LogP contribution in [0.1, 0.15) is 10.4 Å². The number of hydrogen-bond acceptors (Lipinski definition) is 3. The van der Waals surface area contributed by atoms with Crippen molar-refractivity contribution in [1.29, 1.82) is 0 Å². The van der Waals surface area contributed by atoms with Crippen molar-refractivity contribution < 1.29 is 19.7 Å². The van der Waals surface area contributed by atoms with E-state index in [2.05, 4.69) is 0 Å². The van der Waals surface area contributed by atoms with E-state index in [4.69, 9.17) is 9.84 Å². The number of ether oxygens (including phenoxy) is 1. The number of rotatable bonds is 3. The largest absolute Gasteiger partial charge is 0.507 e. The molecule has 0 aliphatic rings. The first-order chi connectivity index (χ1) is 8.61. The van der Waals surface area contributed by atoms with Gasteiger partial charge >= 0.3 is 5.97 Å². The maximum Gasteiger partial charge on any atom is 0.335 e. The Morgan fingerprint density at radius 3 is 2.28 bits per heavy atom. The minimum absolute atomic E-state index is 0.0555. The lowest BCUT2D eigenvalue weighted by atomic mass is 10.0. The number of aromatic carboxylic acids is 1. The van der Waals surface area contributed by atoms with Crippen LogP contribution in [-0.2, 0) is 0 Å². The van der Waals surface area contributed by atoms with E-state index >= 15 is 0 Å². The number of benzene rings is 2. The molecule has 0 spiro atoms. The molecule has 2 rings (SSSR count). The first-order valence-corrected chi connectivity index (χ1v) is 5.32. The molecule has 4 nitrogen and oxygen atoms in total. The van der Waals surface area contributed by atoms with Crippen LogP contribution in [-0.4, -0.2) is 23.3 Å². The van der Waals surface area contributed by atoms with Crippen molar-refractivity contribution in [3.8, 4) is 22.6 Å². The molecule has 0 bridgehead atoms. The second-order valence-corrected chi connectivity index (χ2v) is 3.77. The van der Waals surface area contributed by atoms with E-state index in [1.165, 1.54) is 12.1 Å². The summed E-state index contributed by atoms with van der Waals surface area (Å²) in [6.45, 7) is 0. The minimum atomic E-state index is -1.06. The van der Waals surface area contributed by atoms with Gasteiger partial charge in [-0.15, -0.1) is 0 Å². The minimum Gasteiger partial charge on any atom is -0.507 e. The summed E-state index contributed by atoms with van der Waals surface area (Å²) in [7, 11) is 1.58. The van der Waals surface area contributed by atoms with Gasteiger partial charge in [0.05, 0.1) is 12.7 Å². The fourth-order valence-corrected chi connectivity index (χ4v) is 1.68. The molecule has 0 saturated carbocycles. The first-order valence-electron chi connectivity index (χ1n) is 5.32. The zero-order valence-electron chi connectivity index (χ0n) is 9.75. The second-order valence-electron chi connectivity index (χ2n) is 3.77. The second kappa shape index (κ2) is 4.79. The normalized spacial score (nSPS) is 10.1. The maximum atomic E-state index is 10.8. The summed E-state index contributed by atoms with van der Waals surface area (Å²) < 4.78 is 5.05. The number of hydrogen-bond donors (Lipinski definition) is 2. The third-order valence-corrected chi connectivity index (χ3v) is 2.65. The van der Waals surface area contributed by atoms with Crippen molar-refractivity contribution >= 4 is 5.97 Å². The van der Waals surface area contributed by atoms with Gasteiger partial charge in [0.1, 0.15) is 11.5 Å². The van der Waals surface area contributed by atoms with E-state index in [1.54, 1.807) is 37.4 Å². The Hall–Kier alpha value is -2.49. The standard InChI is InChI=1S/C14H12O4/c1-18-11-5-2-9(3-6-11)12-7-4-10(14(16)17)8-13(12)15/h2-8,15H,1H3,(H,16,17).